The molecule has 0 unspecified atom stereocenters. The Morgan fingerprint density at radius 1 is 0.760 bits per heavy atom. The van der Waals surface area contributed by atoms with Crippen LogP contribution >= 0.6 is 0 Å². The normalized spacial score (nSPS) is 29.8. The molecule has 0 radical (unpaired) electrons. The molecule has 10 N–H and O–H groups in total. The Balaban J connectivity index is 1.58. The van der Waals surface area contributed by atoms with Crippen molar-refractivity contribution in [1.82, 2.24) is 0 Å². The molecule has 2 fully saturated rings. The highest BCUT2D eigenvalue weighted by atomic mass is 16.7. The van der Waals surface area contributed by atoms with Crippen LogP contribution in [0.15, 0.2) is 45.1 Å². The van der Waals surface area contributed by atoms with Crippen LogP contribution in [0, 0.1) is 0 Å². The maximum absolute atomic E-state index is 13.6. The molecule has 0 amide bonds. The molecular formula is C33H40O17. The van der Waals surface area contributed by atoms with E-state index in [9.17, 15) is 55.9 Å². The van der Waals surface area contributed by atoms with Crippen LogP contribution in [0.25, 0.3) is 22.3 Å². The Labute approximate surface area is 284 Å². The lowest BCUT2D eigenvalue weighted by Gasteiger charge is -2.39. The first-order chi connectivity index (χ1) is 23.7. The zero-order valence-electron chi connectivity index (χ0n) is 27.1. The molecule has 1 aromatic heterocycles. The molecule has 17 nitrogen and oxygen atoms in total. The minimum atomic E-state index is -1.77. The molecule has 17 heteroatoms. The van der Waals surface area contributed by atoms with E-state index >= 15 is 0 Å². The van der Waals surface area contributed by atoms with Crippen LogP contribution in [0.4, 0.5) is 0 Å². The maximum Gasteiger partial charge on any atom is 0.239 e. The van der Waals surface area contributed by atoms with Crippen molar-refractivity contribution in [2.45, 2.75) is 81.7 Å². The van der Waals surface area contributed by atoms with E-state index in [4.69, 9.17) is 28.1 Å². The fourth-order valence-corrected chi connectivity index (χ4v) is 5.69. The summed E-state index contributed by atoms with van der Waals surface area (Å²) in [5.41, 5.74) is 0.206. The first-order valence-electron chi connectivity index (χ1n) is 15.5. The molecule has 50 heavy (non-hydrogen) atoms. The minimum absolute atomic E-state index is 0.0939. The summed E-state index contributed by atoms with van der Waals surface area (Å²) in [5.74, 6) is -2.09. The zero-order chi connectivity index (χ0) is 36.6. The number of fused-ring (bicyclic) bond motifs is 1. The van der Waals surface area contributed by atoms with Crippen LogP contribution in [-0.4, -0.2) is 133 Å². The van der Waals surface area contributed by atoms with Crippen molar-refractivity contribution in [3.8, 4) is 40.1 Å². The van der Waals surface area contributed by atoms with Gasteiger partial charge in [-0.1, -0.05) is 11.6 Å². The van der Waals surface area contributed by atoms with Gasteiger partial charge in [0, 0.05) is 23.3 Å². The fraction of sp³-hybridized carbons (Fsp3) is 0.485. The van der Waals surface area contributed by atoms with Gasteiger partial charge in [0.25, 0.3) is 0 Å². The van der Waals surface area contributed by atoms with Crippen LogP contribution in [0.5, 0.6) is 28.7 Å². The minimum Gasteiger partial charge on any atom is -0.507 e. The second-order valence-electron chi connectivity index (χ2n) is 12.2. The van der Waals surface area contributed by atoms with Gasteiger partial charge >= 0.3 is 0 Å². The molecule has 3 heterocycles. The number of phenolic OH excluding ortho intramolecular Hbond substituents is 2. The lowest BCUT2D eigenvalue weighted by atomic mass is 9.99. The lowest BCUT2D eigenvalue weighted by molar-refractivity contribution is -0.277. The molecule has 2 aliphatic rings. The number of phenols is 2. The first-order valence-corrected chi connectivity index (χ1v) is 15.5. The smallest absolute Gasteiger partial charge is 0.239 e. The summed E-state index contributed by atoms with van der Waals surface area (Å²) in [7, 11) is 1.19. The number of ether oxygens (including phenoxy) is 5. The van der Waals surface area contributed by atoms with E-state index in [1.807, 2.05) is 13.8 Å². The van der Waals surface area contributed by atoms with Crippen molar-refractivity contribution < 1.29 is 79.2 Å². The van der Waals surface area contributed by atoms with Gasteiger partial charge in [-0.3, -0.25) is 4.79 Å². The van der Waals surface area contributed by atoms with Crippen LogP contribution < -0.4 is 19.6 Å². The maximum atomic E-state index is 13.6. The Hall–Kier alpha value is -4.01. The standard InChI is InChI=1S/C33H40O17/c1-12(2)4-5-13-6-14(7-17(37)29(13)50-33-28(44)26(42)23(39)20(11-35)49-33)30-31(45-3)24(40)21-16(36)8-15(9-18(21)47-30)46-32-27(43)25(41)22(38)19(10-34)48-32/h4,6-9,19-20,22-23,25-28,32-39,41-44H,5,10-11H2,1-3H3/t19-,20-,22-,23-,25+,26+,27-,28-,32-,33+/m1/s1. The van der Waals surface area contributed by atoms with Gasteiger partial charge < -0.3 is 79.2 Å². The summed E-state index contributed by atoms with van der Waals surface area (Å²) in [6, 6.07) is 4.85. The highest BCUT2D eigenvalue weighted by Crippen LogP contribution is 2.42. The summed E-state index contributed by atoms with van der Waals surface area (Å²) in [6.07, 6.45) is -14.2. The third kappa shape index (κ3) is 7.10. The monoisotopic (exact) mass is 708 g/mol. The molecule has 10 atom stereocenters. The van der Waals surface area contributed by atoms with Gasteiger partial charge in [-0.15, -0.1) is 0 Å². The average Bonchev–Trinajstić information content (AvgIpc) is 3.08. The summed E-state index contributed by atoms with van der Waals surface area (Å²) in [6.45, 7) is 2.24. The number of hydrogen-bond donors (Lipinski definition) is 10. The van der Waals surface area contributed by atoms with Crippen LogP contribution in [0.2, 0.25) is 0 Å². The Bertz CT molecular complexity index is 1760. The van der Waals surface area contributed by atoms with Gasteiger partial charge in [-0.05, 0) is 32.4 Å². The second-order valence-corrected chi connectivity index (χ2v) is 12.2. The van der Waals surface area contributed by atoms with E-state index in [2.05, 4.69) is 0 Å². The topological polar surface area (TPSA) is 279 Å². The molecule has 5 rings (SSSR count). The van der Waals surface area contributed by atoms with Gasteiger partial charge in [0.15, 0.2) is 17.3 Å². The summed E-state index contributed by atoms with van der Waals surface area (Å²) < 4.78 is 33.7. The number of hydrogen-bond acceptors (Lipinski definition) is 17. The van der Waals surface area contributed by atoms with Crippen molar-refractivity contribution in [2.24, 2.45) is 0 Å². The fourth-order valence-electron chi connectivity index (χ4n) is 5.69. The highest BCUT2D eigenvalue weighted by Gasteiger charge is 2.46. The number of aliphatic hydroxyl groups excluding tert-OH is 8. The highest BCUT2D eigenvalue weighted by molar-refractivity contribution is 5.88. The van der Waals surface area contributed by atoms with Crippen LogP contribution in [0.3, 0.4) is 0 Å². The zero-order valence-corrected chi connectivity index (χ0v) is 27.1. The Kier molecular flexibility index (Phi) is 11.2. The number of aromatic hydroxyl groups is 2. The van der Waals surface area contributed by atoms with Gasteiger partial charge in [0.2, 0.25) is 23.8 Å². The van der Waals surface area contributed by atoms with Crippen molar-refractivity contribution in [3.63, 3.8) is 0 Å². The molecule has 0 spiro atoms. The summed E-state index contributed by atoms with van der Waals surface area (Å²) in [5, 5.41) is 102. The quantitative estimate of drug-likeness (QED) is 0.110. The third-order valence-electron chi connectivity index (χ3n) is 8.43. The molecule has 3 aromatic rings. The number of methoxy groups -OCH3 is 1. The molecule has 2 saturated heterocycles. The Morgan fingerprint density at radius 3 is 1.88 bits per heavy atom. The van der Waals surface area contributed by atoms with E-state index < -0.39 is 91.6 Å². The van der Waals surface area contributed by atoms with Crippen molar-refractivity contribution >= 4 is 11.0 Å². The predicted molar refractivity (Wildman–Crippen MR) is 170 cm³/mol. The lowest BCUT2D eigenvalue weighted by Crippen LogP contribution is -2.60. The van der Waals surface area contributed by atoms with Crippen molar-refractivity contribution in [1.29, 1.82) is 0 Å². The Morgan fingerprint density at radius 2 is 1.34 bits per heavy atom. The van der Waals surface area contributed by atoms with E-state index in [0.717, 1.165) is 17.7 Å². The average molecular weight is 709 g/mol. The number of allylic oxidation sites excluding steroid dienone is 2. The molecule has 2 aliphatic heterocycles. The van der Waals surface area contributed by atoms with Crippen molar-refractivity contribution in [2.75, 3.05) is 20.3 Å². The summed E-state index contributed by atoms with van der Waals surface area (Å²) >= 11 is 0. The van der Waals surface area contributed by atoms with Crippen molar-refractivity contribution in [3.05, 3.63) is 51.7 Å². The molecule has 274 valence electrons. The molecule has 0 bridgehead atoms. The largest absolute Gasteiger partial charge is 0.507 e. The van der Waals surface area contributed by atoms with Gasteiger partial charge in [-0.25, -0.2) is 0 Å². The molecule has 0 aliphatic carbocycles. The van der Waals surface area contributed by atoms with E-state index in [1.54, 1.807) is 6.08 Å². The molecule has 2 aromatic carbocycles. The third-order valence-corrected chi connectivity index (χ3v) is 8.43. The number of benzene rings is 2. The van der Waals surface area contributed by atoms with E-state index in [0.29, 0.717) is 0 Å². The van der Waals surface area contributed by atoms with Crippen LogP contribution in [-0.2, 0) is 15.9 Å². The molecule has 0 saturated carbocycles. The molecular weight excluding hydrogens is 668 g/mol. The predicted octanol–water partition coefficient (Wildman–Crippen LogP) is -1.25. The number of aliphatic hydroxyl groups is 8. The second kappa shape index (κ2) is 15.1. The number of rotatable bonds is 10. The van der Waals surface area contributed by atoms with Gasteiger partial charge in [-0.2, -0.15) is 0 Å². The van der Waals surface area contributed by atoms with Gasteiger partial charge in [0.1, 0.15) is 71.3 Å². The summed E-state index contributed by atoms with van der Waals surface area (Å²) in [4.78, 5) is 13.6. The van der Waals surface area contributed by atoms with E-state index in [1.165, 1.54) is 19.2 Å². The SMILES string of the molecule is COc1c(-c2cc(O)c(O[C@@H]3O[C@H](CO)[C@@H](O)[C@H](O)[C@H]3O)c(CC=C(C)C)c2)oc2cc(O[C@@H]3O[C@H](CO)[C@@H](O)[C@H](O)[C@H]3O)cc(O)c2c1=O. The van der Waals surface area contributed by atoms with E-state index in [-0.39, 0.29) is 51.5 Å². The van der Waals surface area contributed by atoms with Gasteiger partial charge in [0.05, 0.1) is 20.3 Å². The first kappa shape index (κ1) is 37.3. The van der Waals surface area contributed by atoms with Crippen LogP contribution in [0.1, 0.15) is 19.4 Å².